The molecule has 0 radical (unpaired) electrons. The molecule has 1 aromatic heterocycles. The number of likely N-dealkylation sites (tertiary alicyclic amines) is 1. The fourth-order valence-corrected chi connectivity index (χ4v) is 4.34. The van der Waals surface area contributed by atoms with Crippen LogP contribution in [-0.2, 0) is 4.79 Å². The molecular formula is C18H21N3O2S2. The summed E-state index contributed by atoms with van der Waals surface area (Å²) < 4.78 is 1.12. The lowest BCUT2D eigenvalue weighted by atomic mass is 10.1. The van der Waals surface area contributed by atoms with Gasteiger partial charge in [-0.3, -0.25) is 9.59 Å². The van der Waals surface area contributed by atoms with Gasteiger partial charge in [-0.1, -0.05) is 6.07 Å². The first-order valence-corrected chi connectivity index (χ1v) is 10.1. The van der Waals surface area contributed by atoms with Gasteiger partial charge in [0.2, 0.25) is 5.91 Å². The molecule has 0 spiro atoms. The molecule has 2 heterocycles. The molecule has 2 amide bonds. The first kappa shape index (κ1) is 18.0. The molecule has 1 unspecified atom stereocenters. The summed E-state index contributed by atoms with van der Waals surface area (Å²) in [6, 6.07) is 11.1. The first-order valence-electron chi connectivity index (χ1n) is 8.23. The summed E-state index contributed by atoms with van der Waals surface area (Å²) in [6.07, 6.45) is 1.92. The maximum atomic E-state index is 12.5. The van der Waals surface area contributed by atoms with E-state index in [1.54, 1.807) is 40.5 Å². The van der Waals surface area contributed by atoms with Crippen molar-refractivity contribution in [1.82, 2.24) is 4.90 Å². The third-order valence-electron chi connectivity index (χ3n) is 4.00. The molecule has 3 N–H and O–H groups in total. The molecule has 1 aliphatic heterocycles. The number of piperidine rings is 1. The van der Waals surface area contributed by atoms with Crippen LogP contribution in [-0.4, -0.2) is 41.6 Å². The van der Waals surface area contributed by atoms with Crippen molar-refractivity contribution < 1.29 is 9.59 Å². The number of thiophene rings is 1. The van der Waals surface area contributed by atoms with Gasteiger partial charge in [-0.05, 0) is 48.6 Å². The largest absolute Gasteiger partial charge is 0.337 e. The number of anilines is 1. The smallest absolute Gasteiger partial charge is 0.253 e. The lowest BCUT2D eigenvalue weighted by molar-refractivity contribution is -0.113. The van der Waals surface area contributed by atoms with Gasteiger partial charge < -0.3 is 16.0 Å². The van der Waals surface area contributed by atoms with Gasteiger partial charge in [0.05, 0.1) is 9.96 Å². The Hall–Kier alpha value is -1.83. The van der Waals surface area contributed by atoms with Crippen LogP contribution < -0.4 is 11.1 Å². The molecule has 25 heavy (non-hydrogen) atoms. The molecule has 5 nitrogen and oxygen atoms in total. The van der Waals surface area contributed by atoms with Crippen molar-refractivity contribution >= 4 is 40.6 Å². The number of rotatable bonds is 5. The Kier molecular flexibility index (Phi) is 6.12. The molecule has 1 atom stereocenters. The highest BCUT2D eigenvalue weighted by Gasteiger charge is 2.22. The molecule has 0 aliphatic carbocycles. The Morgan fingerprint density at radius 2 is 2.08 bits per heavy atom. The van der Waals surface area contributed by atoms with Crippen molar-refractivity contribution in [3.8, 4) is 0 Å². The zero-order chi connectivity index (χ0) is 17.6. The van der Waals surface area contributed by atoms with Crippen LogP contribution in [0.25, 0.3) is 0 Å². The second kappa shape index (κ2) is 8.51. The van der Waals surface area contributed by atoms with Gasteiger partial charge in [-0.15, -0.1) is 23.1 Å². The number of nitrogens with one attached hydrogen (secondary N) is 1. The van der Waals surface area contributed by atoms with Crippen LogP contribution in [0.5, 0.6) is 0 Å². The van der Waals surface area contributed by atoms with Crippen molar-refractivity contribution in [3.63, 3.8) is 0 Å². The van der Waals surface area contributed by atoms with E-state index in [0.717, 1.165) is 23.6 Å². The highest BCUT2D eigenvalue weighted by atomic mass is 32.2. The van der Waals surface area contributed by atoms with Gasteiger partial charge in [-0.2, -0.15) is 0 Å². The number of carbonyl (C=O) groups is 2. The van der Waals surface area contributed by atoms with Gasteiger partial charge in [0.1, 0.15) is 0 Å². The summed E-state index contributed by atoms with van der Waals surface area (Å²) in [6.45, 7) is 1.36. The van der Waals surface area contributed by atoms with E-state index >= 15 is 0 Å². The summed E-state index contributed by atoms with van der Waals surface area (Å²) >= 11 is 3.14. The van der Waals surface area contributed by atoms with E-state index < -0.39 is 0 Å². The third-order valence-corrected chi connectivity index (χ3v) is 6.13. The highest BCUT2D eigenvalue weighted by molar-refractivity contribution is 8.01. The molecule has 1 fully saturated rings. The Bertz CT molecular complexity index is 716. The monoisotopic (exact) mass is 375 g/mol. The average Bonchev–Trinajstić information content (AvgIpc) is 3.14. The van der Waals surface area contributed by atoms with Gasteiger partial charge >= 0.3 is 0 Å². The fourth-order valence-electron chi connectivity index (χ4n) is 2.75. The van der Waals surface area contributed by atoms with E-state index in [1.807, 2.05) is 17.5 Å². The number of nitrogens with two attached hydrogens (primary N) is 1. The van der Waals surface area contributed by atoms with E-state index in [1.165, 1.54) is 11.8 Å². The maximum absolute atomic E-state index is 12.5. The fraction of sp³-hybridized carbons (Fsp3) is 0.333. The zero-order valence-electron chi connectivity index (χ0n) is 13.8. The van der Waals surface area contributed by atoms with Crippen molar-refractivity contribution in [2.45, 2.75) is 23.1 Å². The maximum Gasteiger partial charge on any atom is 0.253 e. The second-order valence-electron chi connectivity index (χ2n) is 6.00. The molecule has 7 heteroatoms. The number of benzene rings is 1. The number of carbonyl (C=O) groups excluding carboxylic acids is 2. The van der Waals surface area contributed by atoms with Crippen LogP contribution in [0.1, 0.15) is 23.2 Å². The van der Waals surface area contributed by atoms with E-state index in [4.69, 9.17) is 5.73 Å². The topological polar surface area (TPSA) is 75.4 Å². The lowest BCUT2D eigenvalue weighted by Gasteiger charge is -2.30. The summed E-state index contributed by atoms with van der Waals surface area (Å²) in [5, 5.41) is 4.85. The molecule has 0 saturated carbocycles. The molecule has 3 rings (SSSR count). The summed E-state index contributed by atoms with van der Waals surface area (Å²) in [5.41, 5.74) is 7.26. The Balaban J connectivity index is 1.52. The van der Waals surface area contributed by atoms with Crippen molar-refractivity contribution in [2.24, 2.45) is 5.73 Å². The second-order valence-corrected chi connectivity index (χ2v) is 8.22. The van der Waals surface area contributed by atoms with Crippen molar-refractivity contribution in [3.05, 3.63) is 47.3 Å². The van der Waals surface area contributed by atoms with Crippen molar-refractivity contribution in [2.75, 3.05) is 24.2 Å². The van der Waals surface area contributed by atoms with Crippen LogP contribution >= 0.6 is 23.1 Å². The van der Waals surface area contributed by atoms with Crippen LogP contribution in [0, 0.1) is 0 Å². The van der Waals surface area contributed by atoms with E-state index in [-0.39, 0.29) is 17.9 Å². The summed E-state index contributed by atoms with van der Waals surface area (Å²) in [4.78, 5) is 26.3. The van der Waals surface area contributed by atoms with Crippen molar-refractivity contribution in [1.29, 1.82) is 0 Å². The molecular weight excluding hydrogens is 354 g/mol. The number of hydrogen-bond donors (Lipinski definition) is 2. The predicted octanol–water partition coefficient (Wildman–Crippen LogP) is 3.04. The van der Waals surface area contributed by atoms with Gasteiger partial charge in [0.15, 0.2) is 0 Å². The molecule has 0 bridgehead atoms. The molecule has 132 valence electrons. The summed E-state index contributed by atoms with van der Waals surface area (Å²) in [7, 11) is 0. The van der Waals surface area contributed by atoms with Crippen LogP contribution in [0.2, 0.25) is 0 Å². The third kappa shape index (κ3) is 5.07. The normalized spacial score (nSPS) is 17.3. The van der Waals surface area contributed by atoms with E-state index in [2.05, 4.69) is 5.32 Å². The minimum atomic E-state index is -0.0560. The SMILES string of the molecule is NC1CCCN(C(=O)c2ccc(NC(=O)CSc3cccs3)cc2)C1. The Morgan fingerprint density at radius 1 is 1.28 bits per heavy atom. The standard InChI is InChI=1S/C18H21N3O2S2/c19-14-3-1-9-21(11-14)18(23)13-5-7-15(8-6-13)20-16(22)12-25-17-4-2-10-24-17/h2,4-8,10,14H,1,3,9,11-12,19H2,(H,20,22). The number of nitrogens with zero attached hydrogens (tertiary/aromatic N) is 1. The zero-order valence-corrected chi connectivity index (χ0v) is 15.4. The average molecular weight is 376 g/mol. The number of amides is 2. The molecule has 2 aromatic rings. The van der Waals surface area contributed by atoms with Gasteiger partial charge in [0, 0.05) is 30.4 Å². The van der Waals surface area contributed by atoms with Gasteiger partial charge in [-0.25, -0.2) is 0 Å². The number of thioether (sulfide) groups is 1. The quantitative estimate of drug-likeness (QED) is 0.788. The minimum Gasteiger partial charge on any atom is -0.337 e. The van der Waals surface area contributed by atoms with E-state index in [0.29, 0.717) is 23.5 Å². The highest BCUT2D eigenvalue weighted by Crippen LogP contribution is 2.23. The molecule has 1 aromatic carbocycles. The van der Waals surface area contributed by atoms with Crippen LogP contribution in [0.15, 0.2) is 46.0 Å². The predicted molar refractivity (Wildman–Crippen MR) is 103 cm³/mol. The summed E-state index contributed by atoms with van der Waals surface area (Å²) in [5.74, 6) is 0.313. The molecule has 1 aliphatic rings. The number of hydrogen-bond acceptors (Lipinski definition) is 5. The first-order chi connectivity index (χ1) is 12.1. The van der Waals surface area contributed by atoms with Gasteiger partial charge in [0.25, 0.3) is 5.91 Å². The Labute approximate surface area is 155 Å². The van der Waals surface area contributed by atoms with Crippen LogP contribution in [0.4, 0.5) is 5.69 Å². The van der Waals surface area contributed by atoms with Crippen LogP contribution in [0.3, 0.4) is 0 Å². The molecule has 1 saturated heterocycles. The lowest BCUT2D eigenvalue weighted by Crippen LogP contribution is -2.45. The Morgan fingerprint density at radius 3 is 2.76 bits per heavy atom. The minimum absolute atomic E-state index is 0.00118. The van der Waals surface area contributed by atoms with E-state index in [9.17, 15) is 9.59 Å².